The van der Waals surface area contributed by atoms with Crippen molar-refractivity contribution in [2.75, 3.05) is 11.9 Å². The zero-order valence-electron chi connectivity index (χ0n) is 22.9. The first-order chi connectivity index (χ1) is 20.2. The molecule has 1 saturated heterocycles. The fourth-order valence-corrected chi connectivity index (χ4v) is 4.73. The average molecular weight is 574 g/mol. The number of imidazole rings is 1. The molecule has 0 bridgehead atoms. The van der Waals surface area contributed by atoms with E-state index in [0.29, 0.717) is 33.7 Å². The van der Waals surface area contributed by atoms with Crippen molar-refractivity contribution in [2.24, 2.45) is 0 Å². The van der Waals surface area contributed by atoms with E-state index in [1.807, 2.05) is 6.07 Å². The van der Waals surface area contributed by atoms with Crippen LogP contribution in [0, 0.1) is 0 Å². The molecule has 3 heterocycles. The number of fused-ring (bicyclic) bond motifs is 1. The topological polar surface area (TPSA) is 161 Å². The second-order valence-electron chi connectivity index (χ2n) is 9.43. The van der Waals surface area contributed by atoms with E-state index in [1.54, 1.807) is 48.5 Å². The van der Waals surface area contributed by atoms with Gasteiger partial charge >= 0.3 is 17.9 Å². The van der Waals surface area contributed by atoms with E-state index in [9.17, 15) is 19.2 Å². The maximum atomic E-state index is 12.9. The molecule has 1 unspecified atom stereocenters. The van der Waals surface area contributed by atoms with Crippen LogP contribution in [0.4, 0.5) is 5.69 Å². The normalized spacial score (nSPS) is 19.7. The maximum absolute atomic E-state index is 12.9. The lowest BCUT2D eigenvalue weighted by molar-refractivity contribution is -0.166. The number of ether oxygens (including phenoxy) is 4. The van der Waals surface area contributed by atoms with Crippen LogP contribution in [-0.4, -0.2) is 68.3 Å². The van der Waals surface area contributed by atoms with E-state index in [1.165, 1.54) is 38.0 Å². The maximum Gasteiger partial charge on any atom is 0.303 e. The van der Waals surface area contributed by atoms with Crippen molar-refractivity contribution in [1.82, 2.24) is 19.5 Å². The Kier molecular flexibility index (Phi) is 8.20. The summed E-state index contributed by atoms with van der Waals surface area (Å²) in [5.41, 5.74) is 2.71. The molecule has 0 saturated carbocycles. The second kappa shape index (κ2) is 12.1. The van der Waals surface area contributed by atoms with Crippen molar-refractivity contribution in [2.45, 2.75) is 45.3 Å². The molecule has 13 heteroatoms. The number of nitrogens with zero attached hydrogens (tertiary/aromatic N) is 4. The van der Waals surface area contributed by atoms with Gasteiger partial charge in [0.1, 0.15) is 30.2 Å². The van der Waals surface area contributed by atoms with Gasteiger partial charge in [0.25, 0.3) is 5.91 Å². The molecular weight excluding hydrogens is 546 g/mol. The highest BCUT2D eigenvalue weighted by molar-refractivity contribution is 6.07. The molecule has 0 aliphatic carbocycles. The number of rotatable bonds is 8. The minimum absolute atomic E-state index is 0.247. The van der Waals surface area contributed by atoms with Crippen molar-refractivity contribution in [3.63, 3.8) is 0 Å². The number of carbonyl (C=O) groups is 4. The van der Waals surface area contributed by atoms with Gasteiger partial charge in [-0.3, -0.25) is 23.7 Å². The summed E-state index contributed by atoms with van der Waals surface area (Å²) < 4.78 is 23.8. The van der Waals surface area contributed by atoms with Crippen LogP contribution in [0.3, 0.4) is 0 Å². The summed E-state index contributed by atoms with van der Waals surface area (Å²) in [6.45, 7) is 3.41. The summed E-state index contributed by atoms with van der Waals surface area (Å²) in [6.07, 6.45) is -1.40. The van der Waals surface area contributed by atoms with E-state index in [2.05, 4.69) is 20.3 Å². The largest absolute Gasteiger partial charge is 0.463 e. The second-order valence-corrected chi connectivity index (χ2v) is 9.43. The Labute approximate surface area is 239 Å². The molecule has 216 valence electrons. The zero-order chi connectivity index (χ0) is 29.8. The lowest BCUT2D eigenvalue weighted by Crippen LogP contribution is -2.40. The third kappa shape index (κ3) is 5.95. The third-order valence-electron chi connectivity index (χ3n) is 6.44. The number of amides is 1. The Hall–Kier alpha value is -5.17. The van der Waals surface area contributed by atoms with Gasteiger partial charge in [0.15, 0.2) is 24.1 Å². The van der Waals surface area contributed by atoms with E-state index >= 15 is 0 Å². The highest BCUT2D eigenvalue weighted by Crippen LogP contribution is 2.37. The Morgan fingerprint density at radius 2 is 1.55 bits per heavy atom. The highest BCUT2D eigenvalue weighted by atomic mass is 16.7. The van der Waals surface area contributed by atoms with Gasteiger partial charge in [-0.25, -0.2) is 15.0 Å². The first-order valence-corrected chi connectivity index (χ1v) is 13.0. The first kappa shape index (κ1) is 28.4. The zero-order valence-corrected chi connectivity index (χ0v) is 22.9. The van der Waals surface area contributed by atoms with Crippen LogP contribution in [0.5, 0.6) is 0 Å². The van der Waals surface area contributed by atoms with Crippen LogP contribution in [-0.2, 0) is 33.3 Å². The molecule has 13 nitrogen and oxygen atoms in total. The molecule has 4 aromatic rings. The Balaban J connectivity index is 1.53. The number of esters is 3. The molecule has 2 aromatic carbocycles. The molecule has 5 rings (SSSR count). The molecule has 1 N–H and O–H groups in total. The molecule has 2 aromatic heterocycles. The van der Waals surface area contributed by atoms with Crippen LogP contribution in [0.25, 0.3) is 22.4 Å². The van der Waals surface area contributed by atoms with E-state index < -0.39 is 42.4 Å². The van der Waals surface area contributed by atoms with Crippen LogP contribution >= 0.6 is 0 Å². The van der Waals surface area contributed by atoms with Crippen LogP contribution in [0.15, 0.2) is 67.3 Å². The van der Waals surface area contributed by atoms with Crippen molar-refractivity contribution in [1.29, 1.82) is 0 Å². The molecule has 1 fully saturated rings. The van der Waals surface area contributed by atoms with Gasteiger partial charge in [-0.1, -0.05) is 36.4 Å². The number of hydrogen-bond donors (Lipinski definition) is 1. The molecule has 1 aliphatic heterocycles. The quantitative estimate of drug-likeness (QED) is 0.244. The summed E-state index contributed by atoms with van der Waals surface area (Å²) in [6, 6.07) is 15.9. The first-order valence-electron chi connectivity index (χ1n) is 13.0. The third-order valence-corrected chi connectivity index (χ3v) is 6.44. The number of para-hydroxylation sites is 1. The van der Waals surface area contributed by atoms with Crippen molar-refractivity contribution in [3.05, 3.63) is 72.8 Å². The molecule has 0 radical (unpaired) electrons. The fourth-order valence-electron chi connectivity index (χ4n) is 4.73. The Morgan fingerprint density at radius 3 is 2.26 bits per heavy atom. The number of aromatic nitrogens is 4. The van der Waals surface area contributed by atoms with E-state index in [0.717, 1.165) is 0 Å². The van der Waals surface area contributed by atoms with Gasteiger partial charge in [-0.2, -0.15) is 0 Å². The summed E-state index contributed by atoms with van der Waals surface area (Å²) in [5.74, 6) is -2.13. The van der Waals surface area contributed by atoms with Gasteiger partial charge in [-0.15, -0.1) is 0 Å². The molecular formula is C29H27N5O8. The molecule has 1 amide bonds. The van der Waals surface area contributed by atoms with Crippen molar-refractivity contribution < 1.29 is 38.1 Å². The number of nitrogens with one attached hydrogen (secondary N) is 1. The Bertz CT molecular complexity index is 1640. The molecule has 1 aliphatic rings. The van der Waals surface area contributed by atoms with E-state index in [-0.39, 0.29) is 12.5 Å². The number of hydrogen-bond acceptors (Lipinski definition) is 11. The van der Waals surface area contributed by atoms with Crippen molar-refractivity contribution in [3.8, 4) is 11.3 Å². The number of anilines is 1. The van der Waals surface area contributed by atoms with Crippen molar-refractivity contribution >= 4 is 40.7 Å². The van der Waals surface area contributed by atoms with Crippen LogP contribution < -0.4 is 5.32 Å². The molecule has 0 spiro atoms. The average Bonchev–Trinajstić information content (AvgIpc) is 3.53. The smallest absolute Gasteiger partial charge is 0.303 e. The van der Waals surface area contributed by atoms with Gasteiger partial charge in [0.05, 0.1) is 12.0 Å². The standard InChI is InChI=1S/C29H27N5O8/c1-16(35)39-13-22-25(40-17(2)36)26(41-18(3)37)29(42-22)34-15-32-24-23(30-14-31-27(24)34)20-11-7-8-12-21(20)33-28(38)19-9-5-4-6-10-19/h4-12,14-15,22,25-26,29H,13H2,1-3H3,(H,33,38)/t22-,25+,26-,29?/m0/s1. The SMILES string of the molecule is CC(=O)OC[C@@H]1OC(n2cnc3c(-c4ccccc4NC(=O)c4ccccc4)ncnc32)[C@@H](OC(C)=O)[C@@H]1OC(C)=O. The molecule has 42 heavy (non-hydrogen) atoms. The number of carbonyl (C=O) groups excluding carboxylic acids is 4. The molecule has 4 atom stereocenters. The predicted octanol–water partition coefficient (Wildman–Crippen LogP) is 3.07. The predicted molar refractivity (Wildman–Crippen MR) is 147 cm³/mol. The minimum atomic E-state index is -1.11. The Morgan fingerprint density at radius 1 is 0.857 bits per heavy atom. The summed E-state index contributed by atoms with van der Waals surface area (Å²) >= 11 is 0. The monoisotopic (exact) mass is 573 g/mol. The van der Waals surface area contributed by atoms with Gasteiger partial charge in [0, 0.05) is 31.9 Å². The lowest BCUT2D eigenvalue weighted by Gasteiger charge is -2.23. The minimum Gasteiger partial charge on any atom is -0.463 e. The van der Waals surface area contributed by atoms with Gasteiger partial charge in [0.2, 0.25) is 0 Å². The lowest BCUT2D eigenvalue weighted by atomic mass is 10.1. The van der Waals surface area contributed by atoms with Gasteiger partial charge in [-0.05, 0) is 18.2 Å². The van der Waals surface area contributed by atoms with Crippen LogP contribution in [0.1, 0.15) is 37.4 Å². The summed E-state index contributed by atoms with van der Waals surface area (Å²) in [4.78, 5) is 61.8. The fraction of sp³-hybridized carbons (Fsp3) is 0.276. The highest BCUT2D eigenvalue weighted by Gasteiger charge is 2.51. The summed E-state index contributed by atoms with van der Waals surface area (Å²) in [7, 11) is 0. The van der Waals surface area contributed by atoms with Crippen LogP contribution in [0.2, 0.25) is 0 Å². The van der Waals surface area contributed by atoms with Gasteiger partial charge < -0.3 is 24.3 Å². The van der Waals surface area contributed by atoms with E-state index in [4.69, 9.17) is 18.9 Å². The summed E-state index contributed by atoms with van der Waals surface area (Å²) in [5, 5.41) is 2.93. The number of benzene rings is 2.